The van der Waals surface area contributed by atoms with Crippen LogP contribution in [0.15, 0.2) is 0 Å². The highest BCUT2D eigenvalue weighted by molar-refractivity contribution is 6.30. The van der Waals surface area contributed by atoms with Crippen molar-refractivity contribution in [2.45, 2.75) is 25.4 Å². The van der Waals surface area contributed by atoms with Crippen molar-refractivity contribution in [1.82, 2.24) is 9.78 Å². The van der Waals surface area contributed by atoms with Gasteiger partial charge in [-0.15, -0.1) is 0 Å². The molecule has 0 atom stereocenters. The minimum atomic E-state index is -5.91. The molecule has 0 aliphatic carbocycles. The van der Waals surface area contributed by atoms with Gasteiger partial charge in [-0.05, 0) is 6.92 Å². The number of Topliss-reactive ketones (excluding diaryl/α,β-unsaturated/α-hetero) is 1. The normalized spacial score (nSPS) is 12.9. The first-order valence-corrected chi connectivity index (χ1v) is 5.02. The Morgan fingerprint density at radius 3 is 2.17 bits per heavy atom. The summed E-state index contributed by atoms with van der Waals surface area (Å²) in [6, 6.07) is 0. The fraction of sp³-hybridized carbons (Fsp3) is 0.556. The van der Waals surface area contributed by atoms with Crippen molar-refractivity contribution in [3.05, 3.63) is 16.4 Å². The lowest BCUT2D eigenvalue weighted by atomic mass is 10.1. The van der Waals surface area contributed by atoms with Crippen LogP contribution in [0.2, 0.25) is 5.15 Å². The highest BCUT2D eigenvalue weighted by Gasteiger charge is 2.62. The highest BCUT2D eigenvalue weighted by atomic mass is 35.5. The fourth-order valence-corrected chi connectivity index (χ4v) is 1.55. The second-order valence-electron chi connectivity index (χ2n) is 3.65. The summed E-state index contributed by atoms with van der Waals surface area (Å²) < 4.78 is 62.5. The second kappa shape index (κ2) is 4.49. The van der Waals surface area contributed by atoms with Crippen LogP contribution in [0.5, 0.6) is 0 Å². The van der Waals surface area contributed by atoms with Crippen LogP contribution in [-0.4, -0.2) is 27.7 Å². The van der Waals surface area contributed by atoms with Crippen LogP contribution in [0.3, 0.4) is 0 Å². The summed E-state index contributed by atoms with van der Waals surface area (Å²) in [5, 5.41) is 3.57. The SMILES string of the molecule is Cc1nn(C)c(Cl)c1CC(=O)C(F)(F)C(F)(F)F. The first-order chi connectivity index (χ1) is 7.98. The van der Waals surface area contributed by atoms with Gasteiger partial charge in [-0.25, -0.2) is 0 Å². The molecule has 1 heterocycles. The number of halogens is 6. The molecule has 0 spiro atoms. The molecule has 0 amide bonds. The molecule has 0 saturated heterocycles. The highest BCUT2D eigenvalue weighted by Crippen LogP contribution is 2.37. The largest absolute Gasteiger partial charge is 0.461 e. The Labute approximate surface area is 104 Å². The summed E-state index contributed by atoms with van der Waals surface area (Å²) in [6.07, 6.45) is -7.03. The van der Waals surface area contributed by atoms with Gasteiger partial charge in [0, 0.05) is 19.0 Å². The van der Waals surface area contributed by atoms with Crippen LogP contribution in [0.1, 0.15) is 11.3 Å². The number of carbonyl (C=O) groups is 1. The van der Waals surface area contributed by atoms with E-state index in [-0.39, 0.29) is 16.4 Å². The molecule has 0 aliphatic rings. The Hall–Kier alpha value is -1.18. The number of aryl methyl sites for hydroxylation is 2. The van der Waals surface area contributed by atoms with Crippen LogP contribution in [0.25, 0.3) is 0 Å². The Morgan fingerprint density at radius 2 is 1.83 bits per heavy atom. The van der Waals surface area contributed by atoms with Crippen molar-refractivity contribution in [1.29, 1.82) is 0 Å². The van der Waals surface area contributed by atoms with E-state index in [2.05, 4.69) is 5.10 Å². The van der Waals surface area contributed by atoms with Crippen molar-refractivity contribution < 1.29 is 26.7 Å². The molecule has 102 valence electrons. The Kier molecular flexibility index (Phi) is 3.71. The smallest absolute Gasteiger partial charge is 0.292 e. The van der Waals surface area contributed by atoms with Crippen molar-refractivity contribution in [2.24, 2.45) is 7.05 Å². The number of aromatic nitrogens is 2. The molecule has 0 aliphatic heterocycles. The predicted octanol–water partition coefficient (Wildman–Crippen LogP) is 2.69. The molecule has 9 heteroatoms. The summed E-state index contributed by atoms with van der Waals surface area (Å²) in [5.41, 5.74) is 0.00177. The molecule has 1 aromatic rings. The quantitative estimate of drug-likeness (QED) is 0.802. The first kappa shape index (κ1) is 14.9. The molecule has 0 aromatic carbocycles. The van der Waals surface area contributed by atoms with Gasteiger partial charge in [-0.1, -0.05) is 11.6 Å². The second-order valence-corrected chi connectivity index (χ2v) is 4.01. The maximum atomic E-state index is 12.7. The number of hydrogen-bond donors (Lipinski definition) is 0. The van der Waals surface area contributed by atoms with Gasteiger partial charge >= 0.3 is 12.1 Å². The van der Waals surface area contributed by atoms with Crippen molar-refractivity contribution in [3.8, 4) is 0 Å². The van der Waals surface area contributed by atoms with Crippen molar-refractivity contribution in [2.75, 3.05) is 0 Å². The molecular weight excluding hydrogens is 283 g/mol. The Morgan fingerprint density at radius 1 is 1.33 bits per heavy atom. The van der Waals surface area contributed by atoms with Crippen LogP contribution < -0.4 is 0 Å². The molecule has 18 heavy (non-hydrogen) atoms. The third kappa shape index (κ3) is 2.47. The van der Waals surface area contributed by atoms with E-state index in [1.165, 1.54) is 14.0 Å². The molecule has 0 saturated carbocycles. The maximum absolute atomic E-state index is 12.7. The van der Waals surface area contributed by atoms with Gasteiger partial charge in [0.1, 0.15) is 5.15 Å². The average molecular weight is 291 g/mol. The molecule has 0 N–H and O–H groups in total. The number of hydrogen-bond acceptors (Lipinski definition) is 2. The zero-order valence-corrected chi connectivity index (χ0v) is 10.0. The Bertz CT molecular complexity index is 480. The molecule has 0 bridgehead atoms. The van der Waals surface area contributed by atoms with Gasteiger partial charge in [0.15, 0.2) is 0 Å². The molecule has 0 radical (unpaired) electrons. The zero-order chi connectivity index (χ0) is 14.3. The lowest BCUT2D eigenvalue weighted by Gasteiger charge is -2.17. The summed E-state index contributed by atoms with van der Waals surface area (Å²) in [5.74, 6) is -7.65. The number of ketones is 1. The predicted molar refractivity (Wildman–Crippen MR) is 52.7 cm³/mol. The van der Waals surface area contributed by atoms with E-state index in [0.29, 0.717) is 0 Å². The van der Waals surface area contributed by atoms with Crippen LogP contribution in [-0.2, 0) is 18.3 Å². The van der Waals surface area contributed by atoms with Gasteiger partial charge in [0.2, 0.25) is 5.78 Å². The van der Waals surface area contributed by atoms with Gasteiger partial charge in [-0.2, -0.15) is 27.1 Å². The van der Waals surface area contributed by atoms with Crippen LogP contribution >= 0.6 is 11.6 Å². The van der Waals surface area contributed by atoms with E-state index in [1.807, 2.05) is 0 Å². The molecule has 1 aromatic heterocycles. The van der Waals surface area contributed by atoms with Gasteiger partial charge in [0.25, 0.3) is 0 Å². The minimum absolute atomic E-state index is 0.131. The van der Waals surface area contributed by atoms with E-state index in [4.69, 9.17) is 11.6 Å². The topological polar surface area (TPSA) is 34.9 Å². The lowest BCUT2D eigenvalue weighted by Crippen LogP contribution is -2.44. The number of rotatable bonds is 3. The average Bonchev–Trinajstić information content (AvgIpc) is 2.43. The van der Waals surface area contributed by atoms with Crippen LogP contribution in [0.4, 0.5) is 22.0 Å². The monoisotopic (exact) mass is 290 g/mol. The molecule has 0 fully saturated rings. The number of alkyl halides is 5. The Balaban J connectivity index is 3.02. The number of carbonyl (C=O) groups excluding carboxylic acids is 1. The van der Waals surface area contributed by atoms with Crippen molar-refractivity contribution in [3.63, 3.8) is 0 Å². The molecule has 0 unspecified atom stereocenters. The zero-order valence-electron chi connectivity index (χ0n) is 9.28. The molecule has 3 nitrogen and oxygen atoms in total. The fourth-order valence-electron chi connectivity index (χ4n) is 1.30. The summed E-state index contributed by atoms with van der Waals surface area (Å²) in [6.45, 7) is 1.36. The minimum Gasteiger partial charge on any atom is -0.292 e. The summed E-state index contributed by atoms with van der Waals surface area (Å²) in [7, 11) is 1.38. The third-order valence-electron chi connectivity index (χ3n) is 2.31. The van der Waals surface area contributed by atoms with Gasteiger partial charge < -0.3 is 0 Å². The van der Waals surface area contributed by atoms with E-state index < -0.39 is 24.3 Å². The number of nitrogens with zero attached hydrogens (tertiary/aromatic N) is 2. The molecular formula is C9H8ClF5N2O. The summed E-state index contributed by atoms with van der Waals surface area (Å²) in [4.78, 5) is 11.0. The third-order valence-corrected chi connectivity index (χ3v) is 2.79. The lowest BCUT2D eigenvalue weighted by molar-refractivity contribution is -0.268. The van der Waals surface area contributed by atoms with Gasteiger partial charge in [-0.3, -0.25) is 9.48 Å². The van der Waals surface area contributed by atoms with E-state index in [9.17, 15) is 26.7 Å². The van der Waals surface area contributed by atoms with Crippen molar-refractivity contribution >= 4 is 17.4 Å². The van der Waals surface area contributed by atoms with E-state index in [1.54, 1.807) is 0 Å². The first-order valence-electron chi connectivity index (χ1n) is 4.64. The van der Waals surface area contributed by atoms with E-state index >= 15 is 0 Å². The standard InChI is InChI=1S/C9H8ClF5N2O/c1-4-5(7(10)17(2)16-4)3-6(18)8(11,12)9(13,14)15/h3H2,1-2H3. The van der Waals surface area contributed by atoms with Gasteiger partial charge in [0.05, 0.1) is 5.69 Å². The maximum Gasteiger partial charge on any atom is 0.461 e. The molecule has 1 rings (SSSR count). The summed E-state index contributed by atoms with van der Waals surface area (Å²) >= 11 is 5.64. The van der Waals surface area contributed by atoms with E-state index in [0.717, 1.165) is 4.68 Å². The van der Waals surface area contributed by atoms with Crippen LogP contribution in [0, 0.1) is 6.92 Å².